The molecule has 10 heteroatoms. The van der Waals surface area contributed by atoms with E-state index in [2.05, 4.69) is 20.4 Å². The van der Waals surface area contributed by atoms with Crippen molar-refractivity contribution in [2.45, 2.75) is 26.3 Å². The first-order chi connectivity index (χ1) is 16.4. The smallest absolute Gasteiger partial charge is 0.338 e. The Morgan fingerprint density at radius 2 is 1.94 bits per heavy atom. The van der Waals surface area contributed by atoms with Crippen LogP contribution in [0.4, 0.5) is 10.1 Å². The molecule has 4 rings (SSSR count). The molecule has 34 heavy (non-hydrogen) atoms. The van der Waals surface area contributed by atoms with Crippen molar-refractivity contribution < 1.29 is 23.2 Å². The number of aromatic nitrogens is 2. The number of carbonyl (C=O) groups is 2. The average molecular weight is 487 g/mol. The van der Waals surface area contributed by atoms with Gasteiger partial charge in [-0.15, -0.1) is 0 Å². The van der Waals surface area contributed by atoms with E-state index in [1.54, 1.807) is 31.2 Å². The van der Waals surface area contributed by atoms with Crippen LogP contribution < -0.4 is 5.32 Å². The number of hydrogen-bond donors (Lipinski definition) is 1. The largest absolute Gasteiger partial charge is 0.462 e. The lowest BCUT2D eigenvalue weighted by Gasteiger charge is -2.30. The Kier molecular flexibility index (Phi) is 7.54. The Bertz CT molecular complexity index is 1160. The monoisotopic (exact) mass is 486 g/mol. The number of nitrogens with zero attached hydrogens (tertiary/aromatic N) is 3. The summed E-state index contributed by atoms with van der Waals surface area (Å²) in [6.45, 7) is 3.87. The number of anilines is 1. The third-order valence-corrected chi connectivity index (χ3v) is 5.94. The first kappa shape index (κ1) is 23.8. The van der Waals surface area contributed by atoms with Crippen molar-refractivity contribution >= 4 is 29.2 Å². The summed E-state index contributed by atoms with van der Waals surface area (Å²) in [4.78, 5) is 31.1. The summed E-state index contributed by atoms with van der Waals surface area (Å²) in [5.41, 5.74) is 1.48. The fraction of sp³-hybridized carbons (Fsp3) is 0.333. The summed E-state index contributed by atoms with van der Waals surface area (Å²) in [6, 6.07) is 10.6. The number of benzene rings is 2. The maximum absolute atomic E-state index is 13.1. The van der Waals surface area contributed by atoms with Gasteiger partial charge in [-0.1, -0.05) is 16.8 Å². The second-order valence-corrected chi connectivity index (χ2v) is 8.38. The second-order valence-electron chi connectivity index (χ2n) is 7.97. The van der Waals surface area contributed by atoms with Gasteiger partial charge in [0.05, 0.1) is 29.4 Å². The number of hydrogen-bond acceptors (Lipinski definition) is 7. The van der Waals surface area contributed by atoms with E-state index in [1.165, 1.54) is 18.2 Å². The maximum Gasteiger partial charge on any atom is 0.338 e. The number of carbonyl (C=O) groups excluding carboxylic acids is 2. The SMILES string of the molecule is CCOC(=O)c1ccc(NC(=O)C2CCN(Cc3nc(-c4ccc(F)cc4)no3)CC2)c(Cl)c1. The molecule has 1 amide bonds. The first-order valence-electron chi connectivity index (χ1n) is 11.0. The third-order valence-electron chi connectivity index (χ3n) is 5.63. The molecule has 2 heterocycles. The molecular weight excluding hydrogens is 463 g/mol. The molecule has 1 aromatic heterocycles. The highest BCUT2D eigenvalue weighted by Gasteiger charge is 2.26. The van der Waals surface area contributed by atoms with Gasteiger partial charge >= 0.3 is 5.97 Å². The van der Waals surface area contributed by atoms with Gasteiger partial charge in [-0.25, -0.2) is 9.18 Å². The fourth-order valence-corrected chi connectivity index (χ4v) is 4.00. The van der Waals surface area contributed by atoms with Crippen molar-refractivity contribution in [2.24, 2.45) is 5.92 Å². The molecule has 1 aliphatic rings. The number of halogens is 2. The predicted molar refractivity (Wildman–Crippen MR) is 124 cm³/mol. The summed E-state index contributed by atoms with van der Waals surface area (Å²) in [5.74, 6) is -0.168. The van der Waals surface area contributed by atoms with Gasteiger partial charge in [-0.2, -0.15) is 4.98 Å². The zero-order chi connectivity index (χ0) is 24.1. The minimum absolute atomic E-state index is 0.109. The molecule has 1 N–H and O–H groups in total. The van der Waals surface area contributed by atoms with Crippen molar-refractivity contribution in [3.05, 3.63) is 64.8 Å². The second kappa shape index (κ2) is 10.8. The van der Waals surface area contributed by atoms with Gasteiger partial charge < -0.3 is 14.6 Å². The van der Waals surface area contributed by atoms with E-state index in [4.69, 9.17) is 20.9 Å². The Morgan fingerprint density at radius 1 is 1.21 bits per heavy atom. The Hall–Kier alpha value is -3.30. The van der Waals surface area contributed by atoms with E-state index in [0.29, 0.717) is 61.0 Å². The maximum atomic E-state index is 13.1. The van der Waals surface area contributed by atoms with Crippen molar-refractivity contribution in [1.29, 1.82) is 0 Å². The van der Waals surface area contributed by atoms with Gasteiger partial charge in [0, 0.05) is 11.5 Å². The molecule has 8 nitrogen and oxygen atoms in total. The minimum Gasteiger partial charge on any atom is -0.462 e. The van der Waals surface area contributed by atoms with Gasteiger partial charge in [0.1, 0.15) is 5.82 Å². The minimum atomic E-state index is -0.458. The van der Waals surface area contributed by atoms with E-state index in [-0.39, 0.29) is 29.3 Å². The number of esters is 1. The Labute approximate surface area is 201 Å². The van der Waals surface area contributed by atoms with Gasteiger partial charge in [0.15, 0.2) is 0 Å². The molecule has 1 fully saturated rings. The fourth-order valence-electron chi connectivity index (χ4n) is 3.77. The number of amides is 1. The molecule has 0 radical (unpaired) electrons. The van der Waals surface area contributed by atoms with Crippen LogP contribution in [-0.2, 0) is 16.1 Å². The summed E-state index contributed by atoms with van der Waals surface area (Å²) in [7, 11) is 0. The number of piperidine rings is 1. The molecule has 1 aliphatic heterocycles. The number of likely N-dealkylation sites (tertiary alicyclic amines) is 1. The molecule has 2 aromatic carbocycles. The number of nitrogens with one attached hydrogen (secondary N) is 1. The summed E-state index contributed by atoms with van der Waals surface area (Å²) in [5, 5.41) is 7.11. The van der Waals surface area contributed by atoms with Crippen LogP contribution in [0.5, 0.6) is 0 Å². The highest BCUT2D eigenvalue weighted by Crippen LogP contribution is 2.26. The first-order valence-corrected chi connectivity index (χ1v) is 11.4. The lowest BCUT2D eigenvalue weighted by atomic mass is 9.96. The lowest BCUT2D eigenvalue weighted by Crippen LogP contribution is -2.37. The molecule has 0 bridgehead atoms. The molecule has 178 valence electrons. The van der Waals surface area contributed by atoms with Gasteiger partial charge in [0.25, 0.3) is 0 Å². The summed E-state index contributed by atoms with van der Waals surface area (Å²) < 4.78 is 23.4. The summed E-state index contributed by atoms with van der Waals surface area (Å²) in [6.07, 6.45) is 1.34. The van der Waals surface area contributed by atoms with Crippen molar-refractivity contribution in [2.75, 3.05) is 25.0 Å². The lowest BCUT2D eigenvalue weighted by molar-refractivity contribution is -0.121. The van der Waals surface area contributed by atoms with Crippen LogP contribution in [0.15, 0.2) is 47.0 Å². The molecule has 1 saturated heterocycles. The van der Waals surface area contributed by atoms with E-state index in [9.17, 15) is 14.0 Å². The van der Waals surface area contributed by atoms with Crippen LogP contribution in [-0.4, -0.2) is 46.6 Å². The molecule has 3 aromatic rings. The van der Waals surface area contributed by atoms with Crippen molar-refractivity contribution in [3.63, 3.8) is 0 Å². The normalized spacial score (nSPS) is 14.7. The quantitative estimate of drug-likeness (QED) is 0.489. The van der Waals surface area contributed by atoms with Crippen molar-refractivity contribution in [1.82, 2.24) is 15.0 Å². The molecule has 0 spiro atoms. The summed E-state index contributed by atoms with van der Waals surface area (Å²) >= 11 is 6.25. The average Bonchev–Trinajstić information content (AvgIpc) is 3.30. The van der Waals surface area contributed by atoms with E-state index < -0.39 is 5.97 Å². The van der Waals surface area contributed by atoms with E-state index >= 15 is 0 Å². The van der Waals surface area contributed by atoms with Gasteiger partial charge in [-0.3, -0.25) is 9.69 Å². The molecule has 0 atom stereocenters. The topological polar surface area (TPSA) is 97.6 Å². The van der Waals surface area contributed by atoms with E-state index in [0.717, 1.165) is 0 Å². The molecule has 0 unspecified atom stereocenters. The van der Waals surface area contributed by atoms with Crippen LogP contribution in [0.1, 0.15) is 36.0 Å². The third kappa shape index (κ3) is 5.78. The van der Waals surface area contributed by atoms with Crippen LogP contribution in [0, 0.1) is 11.7 Å². The highest BCUT2D eigenvalue weighted by atomic mass is 35.5. The van der Waals surface area contributed by atoms with Crippen LogP contribution in [0.2, 0.25) is 5.02 Å². The van der Waals surface area contributed by atoms with E-state index in [1.807, 2.05) is 0 Å². The van der Waals surface area contributed by atoms with Gasteiger partial charge in [0.2, 0.25) is 17.6 Å². The molecule has 0 aliphatic carbocycles. The zero-order valence-corrected chi connectivity index (χ0v) is 19.3. The Morgan fingerprint density at radius 3 is 2.62 bits per heavy atom. The van der Waals surface area contributed by atoms with Crippen LogP contribution in [0.25, 0.3) is 11.4 Å². The molecule has 0 saturated carbocycles. The predicted octanol–water partition coefficient (Wildman–Crippen LogP) is 4.56. The molecular formula is C24H24ClFN4O4. The number of rotatable bonds is 7. The zero-order valence-electron chi connectivity index (χ0n) is 18.6. The van der Waals surface area contributed by atoms with Crippen molar-refractivity contribution in [3.8, 4) is 11.4 Å². The van der Waals surface area contributed by atoms with Crippen LogP contribution in [0.3, 0.4) is 0 Å². The Balaban J connectivity index is 1.28. The standard InChI is InChI=1S/C24H24ClFN4O4/c1-2-33-24(32)17-5-8-20(19(25)13-17)27-23(31)16-9-11-30(12-10-16)14-21-28-22(29-34-21)15-3-6-18(26)7-4-15/h3-8,13,16H,2,9-12,14H2,1H3,(H,27,31). The number of ether oxygens (including phenoxy) is 1. The van der Waals surface area contributed by atoms with Crippen LogP contribution >= 0.6 is 11.6 Å². The van der Waals surface area contributed by atoms with Gasteiger partial charge in [-0.05, 0) is 75.3 Å². The highest BCUT2D eigenvalue weighted by molar-refractivity contribution is 6.34.